The third-order valence-corrected chi connectivity index (χ3v) is 5.42. The van der Waals surface area contributed by atoms with E-state index in [1.54, 1.807) is 31.4 Å². The molecule has 0 radical (unpaired) electrons. The molecule has 1 aliphatic rings. The van der Waals surface area contributed by atoms with E-state index in [9.17, 15) is 9.59 Å². The molecule has 1 heterocycles. The van der Waals surface area contributed by atoms with Gasteiger partial charge in [-0.15, -0.1) is 0 Å². The van der Waals surface area contributed by atoms with Crippen molar-refractivity contribution in [3.8, 4) is 11.5 Å². The Labute approximate surface area is 178 Å². The maximum absolute atomic E-state index is 12.5. The highest BCUT2D eigenvalue weighted by atomic mass is 16.5. The Balaban J connectivity index is 1.35. The molecule has 160 valence electrons. The Morgan fingerprint density at radius 2 is 1.77 bits per heavy atom. The second-order valence-electron chi connectivity index (χ2n) is 7.57. The van der Waals surface area contributed by atoms with Gasteiger partial charge in [0.15, 0.2) is 0 Å². The molecule has 6 nitrogen and oxygen atoms in total. The summed E-state index contributed by atoms with van der Waals surface area (Å²) in [5.74, 6) is 1.67. The molecule has 1 aliphatic heterocycles. The van der Waals surface area contributed by atoms with Crippen LogP contribution in [0.2, 0.25) is 0 Å². The van der Waals surface area contributed by atoms with Gasteiger partial charge in [-0.2, -0.15) is 0 Å². The van der Waals surface area contributed by atoms with Crippen molar-refractivity contribution < 1.29 is 19.1 Å². The summed E-state index contributed by atoms with van der Waals surface area (Å²) in [4.78, 5) is 26.7. The van der Waals surface area contributed by atoms with Crippen molar-refractivity contribution in [2.75, 3.05) is 26.8 Å². The molecular formula is C24H30N2O4. The number of nitrogens with one attached hydrogen (secondary N) is 1. The summed E-state index contributed by atoms with van der Waals surface area (Å²) in [7, 11) is 1.60. The molecule has 2 aromatic carbocycles. The average molecular weight is 411 g/mol. The molecule has 0 aliphatic carbocycles. The number of para-hydroxylation sites is 1. The zero-order valence-corrected chi connectivity index (χ0v) is 17.7. The van der Waals surface area contributed by atoms with E-state index in [0.29, 0.717) is 38.1 Å². The number of ether oxygens (including phenoxy) is 2. The van der Waals surface area contributed by atoms with Crippen molar-refractivity contribution in [2.45, 2.75) is 38.6 Å². The standard InChI is InChI=1S/C24H30N2O4/c1-18-6-3-4-7-22(18)30-17-5-8-23(27)26-15-13-20(14-16-26)25-24(28)19-9-11-21(29-2)12-10-19/h3-4,6-7,9-12,20H,5,8,13-17H2,1-2H3,(H,25,28). The quantitative estimate of drug-likeness (QED) is 0.676. The van der Waals surface area contributed by atoms with Crippen LogP contribution in [0.4, 0.5) is 0 Å². The minimum Gasteiger partial charge on any atom is -0.497 e. The van der Waals surface area contributed by atoms with Crippen LogP contribution in [0.1, 0.15) is 41.6 Å². The fraction of sp³-hybridized carbons (Fsp3) is 0.417. The highest BCUT2D eigenvalue weighted by Crippen LogP contribution is 2.17. The van der Waals surface area contributed by atoms with Crippen LogP contribution in [0.5, 0.6) is 11.5 Å². The number of aryl methyl sites for hydroxylation is 1. The first kappa shape index (κ1) is 21.7. The first-order chi connectivity index (χ1) is 14.6. The Bertz CT molecular complexity index is 843. The van der Waals surface area contributed by atoms with Crippen molar-refractivity contribution in [2.24, 2.45) is 0 Å². The number of benzene rings is 2. The number of carbonyl (C=O) groups is 2. The number of piperidine rings is 1. The Hall–Kier alpha value is -3.02. The zero-order valence-electron chi connectivity index (χ0n) is 17.7. The van der Waals surface area contributed by atoms with Gasteiger partial charge in [0.05, 0.1) is 13.7 Å². The molecule has 0 unspecified atom stereocenters. The van der Waals surface area contributed by atoms with Crippen LogP contribution >= 0.6 is 0 Å². The lowest BCUT2D eigenvalue weighted by atomic mass is 10.0. The van der Waals surface area contributed by atoms with Gasteiger partial charge in [0, 0.05) is 31.1 Å². The van der Waals surface area contributed by atoms with E-state index >= 15 is 0 Å². The van der Waals surface area contributed by atoms with Gasteiger partial charge in [0.1, 0.15) is 11.5 Å². The van der Waals surface area contributed by atoms with Gasteiger partial charge in [-0.25, -0.2) is 0 Å². The molecule has 0 bridgehead atoms. The summed E-state index contributed by atoms with van der Waals surface area (Å²) in [6, 6.07) is 15.0. The lowest BCUT2D eigenvalue weighted by molar-refractivity contribution is -0.132. The van der Waals surface area contributed by atoms with E-state index in [2.05, 4.69) is 5.32 Å². The maximum atomic E-state index is 12.5. The van der Waals surface area contributed by atoms with Crippen LogP contribution in [-0.4, -0.2) is 49.6 Å². The van der Waals surface area contributed by atoms with Crippen LogP contribution in [0.15, 0.2) is 48.5 Å². The first-order valence-corrected chi connectivity index (χ1v) is 10.5. The minimum absolute atomic E-state index is 0.0872. The Morgan fingerprint density at radius 1 is 1.07 bits per heavy atom. The number of rotatable bonds is 8. The SMILES string of the molecule is COc1ccc(C(=O)NC2CCN(C(=O)CCCOc3ccccc3C)CC2)cc1. The van der Waals surface area contributed by atoms with E-state index in [4.69, 9.17) is 9.47 Å². The second kappa shape index (κ2) is 10.7. The molecule has 30 heavy (non-hydrogen) atoms. The number of methoxy groups -OCH3 is 1. The monoisotopic (exact) mass is 410 g/mol. The van der Waals surface area contributed by atoms with Crippen LogP contribution in [0, 0.1) is 6.92 Å². The van der Waals surface area contributed by atoms with Gasteiger partial charge < -0.3 is 19.7 Å². The van der Waals surface area contributed by atoms with Crippen molar-refractivity contribution in [1.29, 1.82) is 0 Å². The third-order valence-electron chi connectivity index (χ3n) is 5.42. The largest absolute Gasteiger partial charge is 0.497 e. The van der Waals surface area contributed by atoms with E-state index in [1.165, 1.54) is 0 Å². The van der Waals surface area contributed by atoms with Crippen molar-refractivity contribution >= 4 is 11.8 Å². The lowest BCUT2D eigenvalue weighted by Gasteiger charge is -2.32. The molecule has 0 aromatic heterocycles. The van der Waals surface area contributed by atoms with Crippen LogP contribution in [-0.2, 0) is 4.79 Å². The molecular weight excluding hydrogens is 380 g/mol. The normalized spacial score (nSPS) is 14.3. The predicted octanol–water partition coefficient (Wildman–Crippen LogP) is 3.58. The Morgan fingerprint density at radius 3 is 2.43 bits per heavy atom. The summed E-state index contributed by atoms with van der Waals surface area (Å²) in [5.41, 5.74) is 1.71. The van der Waals surface area contributed by atoms with Crippen LogP contribution in [0.3, 0.4) is 0 Å². The summed E-state index contributed by atoms with van der Waals surface area (Å²) < 4.78 is 10.9. The lowest BCUT2D eigenvalue weighted by Crippen LogP contribution is -2.46. The van der Waals surface area contributed by atoms with Gasteiger partial charge in [-0.05, 0) is 62.1 Å². The molecule has 6 heteroatoms. The molecule has 1 N–H and O–H groups in total. The molecule has 2 aromatic rings. The highest BCUT2D eigenvalue weighted by Gasteiger charge is 2.24. The predicted molar refractivity (Wildman–Crippen MR) is 116 cm³/mol. The van der Waals surface area contributed by atoms with Crippen molar-refractivity contribution in [1.82, 2.24) is 10.2 Å². The van der Waals surface area contributed by atoms with Gasteiger partial charge in [-0.3, -0.25) is 9.59 Å². The minimum atomic E-state index is -0.0872. The zero-order chi connectivity index (χ0) is 21.3. The van der Waals surface area contributed by atoms with Gasteiger partial charge in [-0.1, -0.05) is 18.2 Å². The summed E-state index contributed by atoms with van der Waals surface area (Å²) >= 11 is 0. The van der Waals surface area contributed by atoms with Crippen molar-refractivity contribution in [3.05, 3.63) is 59.7 Å². The number of carbonyl (C=O) groups excluding carboxylic acids is 2. The number of amides is 2. The average Bonchev–Trinajstić information content (AvgIpc) is 2.78. The molecule has 3 rings (SSSR count). The molecule has 0 atom stereocenters. The number of likely N-dealkylation sites (tertiary alicyclic amines) is 1. The van der Waals surface area contributed by atoms with Crippen molar-refractivity contribution in [3.63, 3.8) is 0 Å². The summed E-state index contributed by atoms with van der Waals surface area (Å²) in [6.07, 6.45) is 2.72. The summed E-state index contributed by atoms with van der Waals surface area (Å²) in [6.45, 7) is 3.89. The van der Waals surface area contributed by atoms with E-state index in [1.807, 2.05) is 36.1 Å². The van der Waals surface area contributed by atoms with E-state index in [0.717, 1.165) is 29.9 Å². The smallest absolute Gasteiger partial charge is 0.251 e. The molecule has 0 spiro atoms. The van der Waals surface area contributed by atoms with Gasteiger partial charge in [0.2, 0.25) is 5.91 Å². The summed E-state index contributed by atoms with van der Waals surface area (Å²) in [5, 5.41) is 3.07. The van der Waals surface area contributed by atoms with Gasteiger partial charge >= 0.3 is 0 Å². The third kappa shape index (κ3) is 5.99. The number of nitrogens with zero attached hydrogens (tertiary/aromatic N) is 1. The van der Waals surface area contributed by atoms with Crippen LogP contribution in [0.25, 0.3) is 0 Å². The Kier molecular flexibility index (Phi) is 7.71. The van der Waals surface area contributed by atoms with Gasteiger partial charge in [0.25, 0.3) is 5.91 Å². The fourth-order valence-electron chi connectivity index (χ4n) is 3.57. The van der Waals surface area contributed by atoms with E-state index < -0.39 is 0 Å². The highest BCUT2D eigenvalue weighted by molar-refractivity contribution is 5.94. The fourth-order valence-corrected chi connectivity index (χ4v) is 3.57. The first-order valence-electron chi connectivity index (χ1n) is 10.5. The number of hydrogen-bond donors (Lipinski definition) is 1. The molecule has 1 saturated heterocycles. The topological polar surface area (TPSA) is 67.9 Å². The number of hydrogen-bond acceptors (Lipinski definition) is 4. The van der Waals surface area contributed by atoms with Crippen LogP contribution < -0.4 is 14.8 Å². The molecule has 0 saturated carbocycles. The molecule has 2 amide bonds. The maximum Gasteiger partial charge on any atom is 0.251 e. The second-order valence-corrected chi connectivity index (χ2v) is 7.57. The molecule has 1 fully saturated rings. The van der Waals surface area contributed by atoms with E-state index in [-0.39, 0.29) is 17.9 Å².